The predicted octanol–water partition coefficient (Wildman–Crippen LogP) is 1.90. The van der Waals surface area contributed by atoms with Gasteiger partial charge in [-0.25, -0.2) is 0 Å². The first kappa shape index (κ1) is 15.8. The van der Waals surface area contributed by atoms with Gasteiger partial charge in [-0.05, 0) is 43.6 Å². The molecule has 0 amide bonds. The highest BCUT2D eigenvalue weighted by atomic mass is 16.5. The molecule has 1 aliphatic heterocycles. The van der Waals surface area contributed by atoms with E-state index < -0.39 is 0 Å². The first-order valence-corrected chi connectivity index (χ1v) is 8.11. The minimum atomic E-state index is -0.118. The van der Waals surface area contributed by atoms with Crippen LogP contribution >= 0.6 is 0 Å². The van der Waals surface area contributed by atoms with Crippen LogP contribution in [0.4, 0.5) is 0 Å². The molecule has 4 heteroatoms. The van der Waals surface area contributed by atoms with Crippen molar-refractivity contribution in [1.29, 1.82) is 0 Å². The maximum absolute atomic E-state index is 11.5. The molecule has 20 heavy (non-hydrogen) atoms. The number of methoxy groups -OCH3 is 1. The Bertz CT molecular complexity index is 316. The molecule has 1 aliphatic carbocycles. The predicted molar refractivity (Wildman–Crippen MR) is 80.5 cm³/mol. The summed E-state index contributed by atoms with van der Waals surface area (Å²) in [6.07, 6.45) is 5.42. The van der Waals surface area contributed by atoms with Gasteiger partial charge in [-0.15, -0.1) is 0 Å². The van der Waals surface area contributed by atoms with Gasteiger partial charge in [0.25, 0.3) is 0 Å². The molecular formula is C16H30N2O2. The maximum Gasteiger partial charge on any atom is 0.319 e. The molecule has 1 heterocycles. The van der Waals surface area contributed by atoms with E-state index in [1.807, 2.05) is 0 Å². The fraction of sp³-hybridized carbons (Fsp3) is 0.938. The molecule has 2 rings (SSSR count). The minimum absolute atomic E-state index is 0.118. The number of hydrogen-bond donors (Lipinski definition) is 1. The summed E-state index contributed by atoms with van der Waals surface area (Å²) in [5, 5.41) is 3.74. The normalized spacial score (nSPS) is 28.4. The van der Waals surface area contributed by atoms with Gasteiger partial charge in [0.2, 0.25) is 0 Å². The van der Waals surface area contributed by atoms with E-state index in [0.29, 0.717) is 24.4 Å². The molecule has 0 bridgehead atoms. The molecule has 0 spiro atoms. The summed E-state index contributed by atoms with van der Waals surface area (Å²) in [6, 6.07) is 0.529. The van der Waals surface area contributed by atoms with Gasteiger partial charge in [0.1, 0.15) is 0 Å². The van der Waals surface area contributed by atoms with E-state index in [1.165, 1.54) is 32.8 Å². The number of rotatable bonds is 6. The number of nitrogens with zero attached hydrogens (tertiary/aromatic N) is 1. The molecule has 4 nitrogen and oxygen atoms in total. The van der Waals surface area contributed by atoms with E-state index in [4.69, 9.17) is 4.74 Å². The SMILES string of the molecule is COC(=O)CN1CC(NCC2CCC2)CC(C(C)C)C1. The second-order valence-corrected chi connectivity index (χ2v) is 6.91. The van der Waals surface area contributed by atoms with E-state index in [9.17, 15) is 4.79 Å². The Hall–Kier alpha value is -0.610. The van der Waals surface area contributed by atoms with Crippen molar-refractivity contribution in [2.45, 2.75) is 45.6 Å². The monoisotopic (exact) mass is 282 g/mol. The van der Waals surface area contributed by atoms with Gasteiger partial charge in [0.05, 0.1) is 13.7 Å². The van der Waals surface area contributed by atoms with E-state index >= 15 is 0 Å². The number of hydrogen-bond acceptors (Lipinski definition) is 4. The van der Waals surface area contributed by atoms with Gasteiger partial charge < -0.3 is 10.1 Å². The summed E-state index contributed by atoms with van der Waals surface area (Å²) in [6.45, 7) is 8.16. The molecule has 0 aromatic heterocycles. The molecule has 1 saturated heterocycles. The Labute approximate surface area is 123 Å². The Balaban J connectivity index is 1.84. The number of piperidine rings is 1. The molecule has 2 unspecified atom stereocenters. The first-order valence-electron chi connectivity index (χ1n) is 8.11. The zero-order valence-electron chi connectivity index (χ0n) is 13.2. The zero-order valence-corrected chi connectivity index (χ0v) is 13.2. The van der Waals surface area contributed by atoms with Crippen LogP contribution in [0, 0.1) is 17.8 Å². The zero-order chi connectivity index (χ0) is 14.5. The Kier molecular flexibility index (Phi) is 5.85. The molecule has 1 saturated carbocycles. The van der Waals surface area contributed by atoms with Crippen LogP contribution in [0.1, 0.15) is 39.5 Å². The van der Waals surface area contributed by atoms with Crippen LogP contribution in [0.2, 0.25) is 0 Å². The average Bonchev–Trinajstić information content (AvgIpc) is 2.36. The van der Waals surface area contributed by atoms with Crippen LogP contribution in [0.3, 0.4) is 0 Å². The smallest absolute Gasteiger partial charge is 0.319 e. The van der Waals surface area contributed by atoms with Crippen molar-refractivity contribution in [2.75, 3.05) is 33.3 Å². The van der Waals surface area contributed by atoms with Crippen LogP contribution in [0.15, 0.2) is 0 Å². The van der Waals surface area contributed by atoms with Crippen molar-refractivity contribution < 1.29 is 9.53 Å². The minimum Gasteiger partial charge on any atom is -0.468 e. The third-order valence-corrected chi connectivity index (χ3v) is 5.00. The molecule has 0 radical (unpaired) electrons. The Morgan fingerprint density at radius 2 is 2.10 bits per heavy atom. The average molecular weight is 282 g/mol. The summed E-state index contributed by atoms with van der Waals surface area (Å²) < 4.78 is 4.81. The topological polar surface area (TPSA) is 41.6 Å². The van der Waals surface area contributed by atoms with Crippen molar-refractivity contribution >= 4 is 5.97 Å². The van der Waals surface area contributed by atoms with Crippen molar-refractivity contribution in [3.63, 3.8) is 0 Å². The quantitative estimate of drug-likeness (QED) is 0.756. The molecule has 0 aromatic carbocycles. The van der Waals surface area contributed by atoms with Crippen molar-refractivity contribution in [3.8, 4) is 0 Å². The fourth-order valence-electron chi connectivity index (χ4n) is 3.27. The van der Waals surface area contributed by atoms with E-state index in [-0.39, 0.29) is 5.97 Å². The Morgan fingerprint density at radius 1 is 1.35 bits per heavy atom. The third kappa shape index (κ3) is 4.45. The van der Waals surface area contributed by atoms with Crippen LogP contribution in [0.25, 0.3) is 0 Å². The number of carbonyl (C=O) groups excluding carboxylic acids is 1. The fourth-order valence-corrected chi connectivity index (χ4v) is 3.27. The van der Waals surface area contributed by atoms with Crippen molar-refractivity contribution in [1.82, 2.24) is 10.2 Å². The molecule has 2 atom stereocenters. The lowest BCUT2D eigenvalue weighted by molar-refractivity contribution is -0.142. The molecular weight excluding hydrogens is 252 g/mol. The van der Waals surface area contributed by atoms with Gasteiger partial charge in [0, 0.05) is 19.1 Å². The second kappa shape index (κ2) is 7.41. The summed E-state index contributed by atoms with van der Waals surface area (Å²) in [4.78, 5) is 13.8. The summed E-state index contributed by atoms with van der Waals surface area (Å²) in [5.41, 5.74) is 0. The van der Waals surface area contributed by atoms with Gasteiger partial charge in [0.15, 0.2) is 0 Å². The second-order valence-electron chi connectivity index (χ2n) is 6.91. The highest BCUT2D eigenvalue weighted by Gasteiger charge is 2.30. The first-order chi connectivity index (χ1) is 9.58. The molecule has 0 aromatic rings. The van der Waals surface area contributed by atoms with E-state index in [0.717, 1.165) is 25.6 Å². The van der Waals surface area contributed by atoms with Crippen molar-refractivity contribution in [3.05, 3.63) is 0 Å². The summed E-state index contributed by atoms with van der Waals surface area (Å²) in [5.74, 6) is 2.12. The Morgan fingerprint density at radius 3 is 2.65 bits per heavy atom. The van der Waals surface area contributed by atoms with Crippen LogP contribution in [0.5, 0.6) is 0 Å². The standard InChI is InChI=1S/C16H30N2O2/c1-12(2)14-7-15(17-8-13-5-4-6-13)10-18(9-14)11-16(19)20-3/h12-15,17H,4-11H2,1-3H3. The number of likely N-dealkylation sites (tertiary alicyclic amines) is 1. The van der Waals surface area contributed by atoms with Gasteiger partial charge in [-0.1, -0.05) is 20.3 Å². The number of nitrogens with one attached hydrogen (secondary N) is 1. The molecule has 2 fully saturated rings. The highest BCUT2D eigenvalue weighted by molar-refractivity contribution is 5.71. The van der Waals surface area contributed by atoms with Crippen LogP contribution in [-0.4, -0.2) is 50.2 Å². The number of carbonyl (C=O) groups is 1. The molecule has 1 N–H and O–H groups in total. The highest BCUT2D eigenvalue weighted by Crippen LogP contribution is 2.27. The van der Waals surface area contributed by atoms with Gasteiger partial charge in [-0.2, -0.15) is 0 Å². The maximum atomic E-state index is 11.5. The molecule has 2 aliphatic rings. The third-order valence-electron chi connectivity index (χ3n) is 5.00. The molecule has 116 valence electrons. The van der Waals surface area contributed by atoms with E-state index in [1.54, 1.807) is 0 Å². The summed E-state index contributed by atoms with van der Waals surface area (Å²) >= 11 is 0. The van der Waals surface area contributed by atoms with E-state index in [2.05, 4.69) is 24.1 Å². The largest absolute Gasteiger partial charge is 0.468 e. The number of esters is 1. The lowest BCUT2D eigenvalue weighted by atomic mass is 9.83. The summed E-state index contributed by atoms with van der Waals surface area (Å²) in [7, 11) is 1.47. The van der Waals surface area contributed by atoms with Gasteiger partial charge >= 0.3 is 5.97 Å². The van der Waals surface area contributed by atoms with Crippen LogP contribution in [-0.2, 0) is 9.53 Å². The lowest BCUT2D eigenvalue weighted by Gasteiger charge is -2.40. The lowest BCUT2D eigenvalue weighted by Crippen LogP contribution is -2.52. The van der Waals surface area contributed by atoms with Gasteiger partial charge in [-0.3, -0.25) is 9.69 Å². The van der Waals surface area contributed by atoms with Crippen molar-refractivity contribution in [2.24, 2.45) is 17.8 Å². The van der Waals surface area contributed by atoms with Crippen LogP contribution < -0.4 is 5.32 Å². The number of ether oxygens (including phenoxy) is 1.